The van der Waals surface area contributed by atoms with Gasteiger partial charge in [-0.15, -0.1) is 0 Å². The molecule has 1 saturated heterocycles. The summed E-state index contributed by atoms with van der Waals surface area (Å²) in [5.74, 6) is 1.02. The smallest absolute Gasteiger partial charge is 0.409 e. The molecule has 7 aromatic rings. The Kier molecular flexibility index (Phi) is 8.82. The Morgan fingerprint density at radius 2 is 1.50 bits per heavy atom. The van der Waals surface area contributed by atoms with E-state index in [9.17, 15) is 18.3 Å². The van der Waals surface area contributed by atoms with Crippen molar-refractivity contribution >= 4 is 32.8 Å². The zero-order valence-electron chi connectivity index (χ0n) is 31.6. The van der Waals surface area contributed by atoms with Crippen LogP contribution in [0.25, 0.3) is 39.1 Å². The van der Waals surface area contributed by atoms with E-state index in [1.807, 2.05) is 59.9 Å². The minimum absolute atomic E-state index is 0.00575. The first-order chi connectivity index (χ1) is 27.0. The van der Waals surface area contributed by atoms with E-state index < -0.39 is 15.6 Å². The summed E-state index contributed by atoms with van der Waals surface area (Å²) >= 11 is 0. The molecule has 11 heteroatoms. The summed E-state index contributed by atoms with van der Waals surface area (Å²) in [6, 6.07) is 32.9. The van der Waals surface area contributed by atoms with Gasteiger partial charge in [0.2, 0.25) is 0 Å². The minimum Gasteiger partial charge on any atom is -0.448 e. The maximum absolute atomic E-state index is 13.8. The van der Waals surface area contributed by atoms with Gasteiger partial charge in [0, 0.05) is 37.2 Å². The lowest BCUT2D eigenvalue weighted by Gasteiger charge is -2.31. The Labute approximate surface area is 326 Å². The number of rotatable bonds is 8. The number of benzene rings is 4. The number of nitrogens with zero attached hydrogens (tertiary/aromatic N) is 5. The summed E-state index contributed by atoms with van der Waals surface area (Å²) in [5.41, 5.74) is 8.82. The van der Waals surface area contributed by atoms with E-state index in [-0.39, 0.29) is 29.4 Å². The molecular formula is C45H43N5O5S. The second-order valence-corrected chi connectivity index (χ2v) is 17.4. The van der Waals surface area contributed by atoms with Crippen molar-refractivity contribution in [2.75, 3.05) is 19.7 Å². The van der Waals surface area contributed by atoms with E-state index in [1.54, 1.807) is 61.5 Å². The quantitative estimate of drug-likeness (QED) is 0.165. The number of aryl methyl sites for hydroxylation is 1. The normalized spacial score (nSPS) is 15.0. The van der Waals surface area contributed by atoms with Crippen LogP contribution in [0.3, 0.4) is 0 Å². The lowest BCUT2D eigenvalue weighted by molar-refractivity contribution is 0.0785. The third-order valence-electron chi connectivity index (χ3n) is 11.5. The summed E-state index contributed by atoms with van der Waals surface area (Å²) in [6.45, 7) is 6.84. The van der Waals surface area contributed by atoms with E-state index in [2.05, 4.69) is 24.3 Å². The Morgan fingerprint density at radius 3 is 2.14 bits per heavy atom. The molecular weight excluding hydrogens is 723 g/mol. The summed E-state index contributed by atoms with van der Waals surface area (Å²) < 4.78 is 36.9. The average molecular weight is 766 g/mol. The second kappa shape index (κ2) is 13.8. The van der Waals surface area contributed by atoms with Crippen LogP contribution in [0.2, 0.25) is 0 Å². The van der Waals surface area contributed by atoms with E-state index in [0.717, 1.165) is 46.6 Å². The molecule has 4 heterocycles. The highest BCUT2D eigenvalue weighted by Gasteiger charge is 2.32. The fourth-order valence-electron chi connectivity index (χ4n) is 8.35. The lowest BCUT2D eigenvalue weighted by Crippen LogP contribution is -2.39. The fourth-order valence-corrected chi connectivity index (χ4v) is 9.65. The molecule has 4 aromatic carbocycles. The molecule has 0 saturated carbocycles. The molecule has 2 aliphatic rings. The fraction of sp³-hybridized carbons (Fsp3) is 0.267. The Hall–Kier alpha value is -5.78. The molecule has 0 bridgehead atoms. The van der Waals surface area contributed by atoms with Gasteiger partial charge in [0.1, 0.15) is 12.4 Å². The molecule has 10 nitrogen and oxygen atoms in total. The van der Waals surface area contributed by atoms with Gasteiger partial charge in [0.05, 0.1) is 33.4 Å². The van der Waals surface area contributed by atoms with Crippen molar-refractivity contribution in [3.8, 4) is 22.4 Å². The molecule has 0 radical (unpaired) electrons. The number of fused-ring (bicyclic) bond motifs is 6. The van der Waals surface area contributed by atoms with E-state index in [4.69, 9.17) is 14.7 Å². The summed E-state index contributed by atoms with van der Waals surface area (Å²) in [4.78, 5) is 25.3. The number of imidazole rings is 1. The molecule has 1 fully saturated rings. The van der Waals surface area contributed by atoms with Crippen molar-refractivity contribution < 1.29 is 23.1 Å². The van der Waals surface area contributed by atoms with Gasteiger partial charge in [-0.1, -0.05) is 90.5 Å². The largest absolute Gasteiger partial charge is 0.448 e. The van der Waals surface area contributed by atoms with Gasteiger partial charge < -0.3 is 14.7 Å². The van der Waals surface area contributed by atoms with E-state index in [1.165, 1.54) is 26.2 Å². The van der Waals surface area contributed by atoms with Crippen LogP contribution in [-0.2, 0) is 26.8 Å². The van der Waals surface area contributed by atoms with Gasteiger partial charge in [0.25, 0.3) is 10.0 Å². The van der Waals surface area contributed by atoms with Crippen LogP contribution in [0.4, 0.5) is 4.79 Å². The molecule has 0 spiro atoms. The van der Waals surface area contributed by atoms with Crippen LogP contribution < -0.4 is 0 Å². The second-order valence-electron chi connectivity index (χ2n) is 15.6. The summed E-state index contributed by atoms with van der Waals surface area (Å²) in [6.07, 6.45) is 5.12. The van der Waals surface area contributed by atoms with Crippen LogP contribution in [0, 0.1) is 12.8 Å². The standard InChI is InChI=1S/C45H43N5O5S/c1-29-12-18-33(19-13-29)56(53,54)49-25-22-39-43(49)46-27-40-42(31-14-16-32(17-15-31)45(2,3)52)47-41(50(39)40)26-30-20-23-48(24-21-30)44(51)55-28-38-36-10-6-4-8-34(36)35-9-5-7-11-37(35)38/h4-19,22,25,27,30,38,52H,20-21,23-24,26,28H2,1-3H3. The topological polar surface area (TPSA) is 119 Å². The van der Waals surface area contributed by atoms with Crippen LogP contribution in [0.5, 0.6) is 0 Å². The Bertz CT molecular complexity index is 2680. The first-order valence-electron chi connectivity index (χ1n) is 19.1. The number of carbonyl (C=O) groups excluding carboxylic acids is 1. The molecule has 3 aromatic heterocycles. The highest BCUT2D eigenvalue weighted by molar-refractivity contribution is 7.90. The number of hydrogen-bond donors (Lipinski definition) is 1. The van der Waals surface area contributed by atoms with Crippen LogP contribution in [0.15, 0.2) is 120 Å². The monoisotopic (exact) mass is 765 g/mol. The molecule has 56 heavy (non-hydrogen) atoms. The predicted molar refractivity (Wildman–Crippen MR) is 216 cm³/mol. The molecule has 1 amide bonds. The zero-order valence-corrected chi connectivity index (χ0v) is 32.4. The summed E-state index contributed by atoms with van der Waals surface area (Å²) in [5, 5.41) is 10.6. The average Bonchev–Trinajstić information content (AvgIpc) is 3.90. The van der Waals surface area contributed by atoms with Gasteiger partial charge >= 0.3 is 6.09 Å². The minimum atomic E-state index is -3.92. The van der Waals surface area contributed by atoms with Gasteiger partial charge in [-0.3, -0.25) is 4.40 Å². The highest BCUT2D eigenvalue weighted by Crippen LogP contribution is 2.44. The van der Waals surface area contributed by atoms with Crippen molar-refractivity contribution in [3.05, 3.63) is 144 Å². The molecule has 284 valence electrons. The maximum Gasteiger partial charge on any atom is 0.409 e. The highest BCUT2D eigenvalue weighted by atomic mass is 32.2. The third kappa shape index (κ3) is 6.24. The molecule has 9 rings (SSSR count). The van der Waals surface area contributed by atoms with E-state index in [0.29, 0.717) is 30.7 Å². The van der Waals surface area contributed by atoms with Crippen molar-refractivity contribution in [1.29, 1.82) is 0 Å². The van der Waals surface area contributed by atoms with Crippen LogP contribution in [0.1, 0.15) is 60.7 Å². The van der Waals surface area contributed by atoms with Gasteiger partial charge in [-0.05, 0) is 85.5 Å². The van der Waals surface area contributed by atoms with Gasteiger partial charge in [-0.25, -0.2) is 27.2 Å². The SMILES string of the molecule is Cc1ccc(S(=O)(=O)n2ccc3c2ncc2c(-c4ccc(C(C)(C)O)cc4)nc(CC4CCN(C(=O)OCC5c6ccccc6-c6ccccc65)CC4)n23)cc1. The molecule has 0 unspecified atom stereocenters. The van der Waals surface area contributed by atoms with Gasteiger partial charge in [0.15, 0.2) is 5.65 Å². The Morgan fingerprint density at radius 1 is 0.857 bits per heavy atom. The van der Waals surface area contributed by atoms with Gasteiger partial charge in [-0.2, -0.15) is 0 Å². The van der Waals surface area contributed by atoms with Crippen molar-refractivity contribution in [1.82, 2.24) is 23.2 Å². The molecule has 0 atom stereocenters. The first-order valence-corrected chi connectivity index (χ1v) is 20.5. The number of piperidine rings is 1. The number of aliphatic hydroxyl groups is 1. The number of likely N-dealkylation sites (tertiary alicyclic amines) is 1. The molecule has 1 aliphatic heterocycles. The lowest BCUT2D eigenvalue weighted by atomic mass is 9.93. The number of hydrogen-bond acceptors (Lipinski definition) is 7. The predicted octanol–water partition coefficient (Wildman–Crippen LogP) is 8.33. The maximum atomic E-state index is 13.8. The first kappa shape index (κ1) is 35.9. The van der Waals surface area contributed by atoms with Crippen molar-refractivity contribution in [2.24, 2.45) is 5.92 Å². The van der Waals surface area contributed by atoms with Crippen LogP contribution >= 0.6 is 0 Å². The number of amides is 1. The van der Waals surface area contributed by atoms with Crippen molar-refractivity contribution in [2.45, 2.75) is 56.4 Å². The van der Waals surface area contributed by atoms with E-state index >= 15 is 0 Å². The van der Waals surface area contributed by atoms with Crippen LogP contribution in [-0.4, -0.2) is 62.6 Å². The number of aromatic nitrogens is 4. The van der Waals surface area contributed by atoms with Crippen molar-refractivity contribution in [3.63, 3.8) is 0 Å². The Balaban J connectivity index is 0.977. The number of ether oxygens (including phenoxy) is 1. The summed E-state index contributed by atoms with van der Waals surface area (Å²) in [7, 11) is -3.92. The number of carbonyl (C=O) groups is 1. The molecule has 1 N–H and O–H groups in total. The third-order valence-corrected chi connectivity index (χ3v) is 13.1. The molecule has 1 aliphatic carbocycles. The zero-order chi connectivity index (χ0) is 38.8.